The normalized spacial score (nSPS) is 11.1. The number of nitrogens with one attached hydrogen (secondary N) is 2. The van der Waals surface area contributed by atoms with Gasteiger partial charge < -0.3 is 24.8 Å². The molecule has 7 heteroatoms. The van der Waals surface area contributed by atoms with Crippen molar-refractivity contribution in [1.82, 2.24) is 10.6 Å². The lowest BCUT2D eigenvalue weighted by Crippen LogP contribution is -2.43. The van der Waals surface area contributed by atoms with E-state index < -0.39 is 0 Å². The van der Waals surface area contributed by atoms with Gasteiger partial charge in [-0.25, -0.2) is 0 Å². The maximum atomic E-state index is 12.2. The molecule has 0 spiro atoms. The van der Waals surface area contributed by atoms with E-state index in [9.17, 15) is 4.79 Å². The van der Waals surface area contributed by atoms with Gasteiger partial charge in [-0.15, -0.1) is 0 Å². The molecule has 0 atom stereocenters. The molecule has 0 saturated heterocycles. The van der Waals surface area contributed by atoms with Gasteiger partial charge in [-0.3, -0.25) is 4.79 Å². The Labute approximate surface area is 181 Å². The molecule has 158 valence electrons. The van der Waals surface area contributed by atoms with Crippen molar-refractivity contribution in [2.24, 2.45) is 0 Å². The highest BCUT2D eigenvalue weighted by molar-refractivity contribution is 9.10. The van der Waals surface area contributed by atoms with Crippen LogP contribution in [-0.2, 0) is 17.9 Å². The number of carbonyl (C=O) groups is 1. The molecule has 0 fully saturated rings. The van der Waals surface area contributed by atoms with Crippen LogP contribution in [0.4, 0.5) is 0 Å². The minimum Gasteiger partial charge on any atom is -0.496 e. The van der Waals surface area contributed by atoms with Gasteiger partial charge in [0.2, 0.25) is 0 Å². The monoisotopic (exact) mass is 464 g/mol. The number of amides is 1. The Kier molecular flexibility index (Phi) is 8.34. The van der Waals surface area contributed by atoms with E-state index in [1.165, 1.54) is 0 Å². The fourth-order valence-corrected chi connectivity index (χ4v) is 3.28. The molecule has 0 unspecified atom stereocenters. The summed E-state index contributed by atoms with van der Waals surface area (Å²) in [5.41, 5.74) is 1.62. The number of ether oxygens (including phenoxy) is 3. The van der Waals surface area contributed by atoms with Crippen molar-refractivity contribution in [1.29, 1.82) is 0 Å². The molecule has 0 aliphatic rings. The summed E-state index contributed by atoms with van der Waals surface area (Å²) in [6.45, 7) is 6.83. The zero-order valence-corrected chi connectivity index (χ0v) is 19.2. The molecule has 1 amide bonds. The van der Waals surface area contributed by atoms with E-state index in [2.05, 4.69) is 26.6 Å². The van der Waals surface area contributed by atoms with Gasteiger partial charge in [-0.1, -0.05) is 34.1 Å². The van der Waals surface area contributed by atoms with Crippen molar-refractivity contribution in [2.75, 3.05) is 20.8 Å². The second-order valence-corrected chi connectivity index (χ2v) is 8.41. The second kappa shape index (κ2) is 10.5. The van der Waals surface area contributed by atoms with Crippen LogP contribution < -0.4 is 24.8 Å². The third kappa shape index (κ3) is 6.94. The zero-order chi connectivity index (χ0) is 21.4. The molecule has 0 aromatic heterocycles. The van der Waals surface area contributed by atoms with E-state index >= 15 is 0 Å². The van der Waals surface area contributed by atoms with E-state index in [1.54, 1.807) is 14.2 Å². The summed E-state index contributed by atoms with van der Waals surface area (Å²) in [6, 6.07) is 11.6. The number of halogens is 1. The summed E-state index contributed by atoms with van der Waals surface area (Å²) >= 11 is 3.58. The average Bonchev–Trinajstić information content (AvgIpc) is 2.67. The first-order valence-electron chi connectivity index (χ1n) is 9.37. The van der Waals surface area contributed by atoms with Crippen LogP contribution in [0.15, 0.2) is 40.9 Å². The molecule has 2 aromatic rings. The van der Waals surface area contributed by atoms with E-state index in [0.717, 1.165) is 21.3 Å². The van der Waals surface area contributed by atoms with Crippen molar-refractivity contribution >= 4 is 21.8 Å². The minimum atomic E-state index is -0.319. The average molecular weight is 465 g/mol. The van der Waals surface area contributed by atoms with Crippen LogP contribution in [0.25, 0.3) is 0 Å². The lowest BCUT2D eigenvalue weighted by molar-refractivity contribution is -0.124. The second-order valence-electron chi connectivity index (χ2n) is 7.56. The maximum absolute atomic E-state index is 12.2. The predicted octanol–water partition coefficient (Wildman–Crippen LogP) is 4.05. The Hall–Kier alpha value is -2.25. The largest absolute Gasteiger partial charge is 0.496 e. The molecule has 0 aliphatic carbocycles. The molecular formula is C22H29BrN2O4. The zero-order valence-electron chi connectivity index (χ0n) is 17.6. The van der Waals surface area contributed by atoms with Gasteiger partial charge in [-0.05, 0) is 39.0 Å². The summed E-state index contributed by atoms with van der Waals surface area (Å²) in [4.78, 5) is 12.2. The minimum absolute atomic E-state index is 0.0937. The summed E-state index contributed by atoms with van der Waals surface area (Å²) in [6.07, 6.45) is 0. The highest BCUT2D eigenvalue weighted by Crippen LogP contribution is 2.36. The number of methoxy groups -OCH3 is 2. The van der Waals surface area contributed by atoms with Crippen LogP contribution in [0.5, 0.6) is 17.2 Å². The number of hydrogen-bond acceptors (Lipinski definition) is 5. The van der Waals surface area contributed by atoms with E-state index in [4.69, 9.17) is 14.2 Å². The lowest BCUT2D eigenvalue weighted by atomic mass is 10.1. The molecule has 0 aliphatic heterocycles. The molecule has 2 N–H and O–H groups in total. The topological polar surface area (TPSA) is 68.8 Å². The third-order valence-electron chi connectivity index (χ3n) is 4.06. The molecule has 2 rings (SSSR count). The van der Waals surface area contributed by atoms with E-state index in [1.807, 2.05) is 57.2 Å². The molecule has 0 bridgehead atoms. The van der Waals surface area contributed by atoms with Crippen LogP contribution in [-0.4, -0.2) is 32.3 Å². The van der Waals surface area contributed by atoms with Gasteiger partial charge in [0.05, 0.1) is 14.2 Å². The summed E-state index contributed by atoms with van der Waals surface area (Å²) in [7, 11) is 3.24. The summed E-state index contributed by atoms with van der Waals surface area (Å²) in [5.74, 6) is 1.76. The van der Waals surface area contributed by atoms with E-state index in [-0.39, 0.29) is 18.1 Å². The third-order valence-corrected chi connectivity index (χ3v) is 4.80. The van der Waals surface area contributed by atoms with Crippen molar-refractivity contribution in [2.45, 2.75) is 39.4 Å². The molecule has 2 aromatic carbocycles. The fraction of sp³-hybridized carbons (Fsp3) is 0.409. The number of rotatable bonds is 9. The fourth-order valence-electron chi connectivity index (χ4n) is 2.83. The van der Waals surface area contributed by atoms with E-state index in [0.29, 0.717) is 24.6 Å². The quantitative estimate of drug-likeness (QED) is 0.585. The number of hydrogen-bond donors (Lipinski definition) is 2. The van der Waals surface area contributed by atoms with Gasteiger partial charge in [0, 0.05) is 34.2 Å². The molecule has 29 heavy (non-hydrogen) atoms. The first-order chi connectivity index (χ1) is 13.7. The smallest absolute Gasteiger partial charge is 0.258 e. The number of carbonyl (C=O) groups excluding carboxylic acids is 1. The molecule has 0 heterocycles. The van der Waals surface area contributed by atoms with Gasteiger partial charge in [0.1, 0.15) is 5.75 Å². The van der Waals surface area contributed by atoms with Crippen LogP contribution in [0.1, 0.15) is 31.9 Å². The summed E-state index contributed by atoms with van der Waals surface area (Å²) < 4.78 is 17.6. The maximum Gasteiger partial charge on any atom is 0.258 e. The van der Waals surface area contributed by atoms with Crippen LogP contribution in [0.2, 0.25) is 0 Å². The van der Waals surface area contributed by atoms with Gasteiger partial charge >= 0.3 is 0 Å². The van der Waals surface area contributed by atoms with Crippen LogP contribution in [0.3, 0.4) is 0 Å². The van der Waals surface area contributed by atoms with Crippen molar-refractivity contribution in [3.63, 3.8) is 0 Å². The van der Waals surface area contributed by atoms with Crippen molar-refractivity contribution < 1.29 is 19.0 Å². The summed E-state index contributed by atoms with van der Waals surface area (Å²) in [5, 5.41) is 6.30. The molecule has 0 saturated carbocycles. The highest BCUT2D eigenvalue weighted by Gasteiger charge is 2.18. The van der Waals surface area contributed by atoms with Crippen molar-refractivity contribution in [3.05, 3.63) is 52.0 Å². The molecule has 0 radical (unpaired) electrons. The lowest BCUT2D eigenvalue weighted by Gasteiger charge is -2.21. The Bertz CT molecular complexity index is 834. The van der Waals surface area contributed by atoms with Crippen molar-refractivity contribution in [3.8, 4) is 17.2 Å². The van der Waals surface area contributed by atoms with Gasteiger partial charge in [0.25, 0.3) is 5.91 Å². The first kappa shape index (κ1) is 23.0. The Morgan fingerprint density at radius 2 is 1.69 bits per heavy atom. The van der Waals surface area contributed by atoms with Crippen LogP contribution in [0, 0.1) is 0 Å². The number of benzene rings is 2. The van der Waals surface area contributed by atoms with Gasteiger partial charge in [-0.2, -0.15) is 0 Å². The van der Waals surface area contributed by atoms with Crippen LogP contribution >= 0.6 is 15.9 Å². The standard InChI is InChI=1S/C22H29BrN2O4/c1-22(2,3)25-20(26)14-29-21-16(17(23)10-11-19(21)28-5)13-24-12-15-8-6-7-9-18(15)27-4/h6-11,24H,12-14H2,1-5H3,(H,25,26). The number of para-hydroxylation sites is 1. The molecular weight excluding hydrogens is 436 g/mol. The Morgan fingerprint density at radius 3 is 2.34 bits per heavy atom. The SMILES string of the molecule is COc1ccccc1CNCc1c(Br)ccc(OC)c1OCC(=O)NC(C)(C)C. The first-order valence-corrected chi connectivity index (χ1v) is 10.2. The van der Waals surface area contributed by atoms with Gasteiger partial charge in [0.15, 0.2) is 18.1 Å². The Balaban J connectivity index is 2.13. The Morgan fingerprint density at radius 1 is 1.00 bits per heavy atom. The predicted molar refractivity (Wildman–Crippen MR) is 118 cm³/mol. The highest BCUT2D eigenvalue weighted by atomic mass is 79.9. The molecule has 6 nitrogen and oxygen atoms in total.